The summed E-state index contributed by atoms with van der Waals surface area (Å²) in [6.45, 7) is 16.6. The number of cyclic esters (lactones) is 1. The molecule has 294 valence electrons. The summed E-state index contributed by atoms with van der Waals surface area (Å²) in [5, 5.41) is 46.0. The first-order valence-corrected chi connectivity index (χ1v) is 19.7. The van der Waals surface area contributed by atoms with Crippen LogP contribution in [0.3, 0.4) is 0 Å². The van der Waals surface area contributed by atoms with Gasteiger partial charge >= 0.3 is 5.97 Å². The van der Waals surface area contributed by atoms with Crippen LogP contribution in [0.4, 0.5) is 0 Å². The molecule has 2 heterocycles. The van der Waals surface area contributed by atoms with Gasteiger partial charge in [-0.1, -0.05) is 65.3 Å². The Morgan fingerprint density at radius 1 is 1.00 bits per heavy atom. The quantitative estimate of drug-likeness (QED) is 0.215. The molecule has 4 fully saturated rings. The van der Waals surface area contributed by atoms with Crippen molar-refractivity contribution in [2.45, 2.75) is 144 Å². The molecule has 12 nitrogen and oxygen atoms in total. The molecule has 0 spiro atoms. The van der Waals surface area contributed by atoms with Crippen LogP contribution in [-0.2, 0) is 36.9 Å². The van der Waals surface area contributed by atoms with Gasteiger partial charge in [-0.05, 0) is 103 Å². The molecule has 0 radical (unpaired) electrons. The molecule has 0 bridgehead atoms. The number of aliphatic hydroxyl groups is 3. The second kappa shape index (κ2) is 12.8. The highest BCUT2D eigenvalue weighted by molar-refractivity contribution is 5.89. The Morgan fingerprint density at radius 2 is 1.74 bits per heavy atom. The number of aromatic nitrogens is 3. The molecule has 12 heteroatoms. The first kappa shape index (κ1) is 38.3. The monoisotopic (exact) mass is 738 g/mol. The molecule has 0 aromatic carbocycles. The van der Waals surface area contributed by atoms with E-state index in [1.165, 1.54) is 24.5 Å². The number of esters is 1. The summed E-state index contributed by atoms with van der Waals surface area (Å²) < 4.78 is 17.1. The Kier molecular flexibility index (Phi) is 9.25. The molecular weight excluding hydrogens is 676 g/mol. The number of hydrogen-bond acceptors (Lipinski definition) is 10. The number of rotatable bonds is 8. The Balaban J connectivity index is 1.12. The lowest BCUT2D eigenvalue weighted by Gasteiger charge is -2.71. The molecule has 0 unspecified atom stereocenters. The predicted molar refractivity (Wildman–Crippen MR) is 195 cm³/mol. The summed E-state index contributed by atoms with van der Waals surface area (Å²) in [5.74, 6) is -0.0466. The lowest BCUT2D eigenvalue weighted by Crippen LogP contribution is -2.68. The molecule has 53 heavy (non-hydrogen) atoms. The van der Waals surface area contributed by atoms with Crippen molar-refractivity contribution in [3.8, 4) is 0 Å². The number of allylic oxidation sites excluding steroid dienone is 2. The van der Waals surface area contributed by atoms with Gasteiger partial charge in [0.05, 0.1) is 51.1 Å². The molecule has 1 aromatic rings. The van der Waals surface area contributed by atoms with Crippen LogP contribution in [0.15, 0.2) is 29.4 Å². The molecule has 1 amide bonds. The number of carbonyl (C=O) groups is 2. The molecule has 4 N–H and O–H groups in total. The van der Waals surface area contributed by atoms with Gasteiger partial charge in [-0.3, -0.25) is 4.79 Å². The summed E-state index contributed by atoms with van der Waals surface area (Å²) in [7, 11) is 2.71. The zero-order chi connectivity index (χ0) is 38.5. The van der Waals surface area contributed by atoms with Gasteiger partial charge < -0.3 is 34.8 Å². The number of methoxy groups -OCH3 is 2. The van der Waals surface area contributed by atoms with Crippen LogP contribution in [0.25, 0.3) is 0 Å². The third-order valence-corrected chi connectivity index (χ3v) is 16.2. The van der Waals surface area contributed by atoms with E-state index in [9.17, 15) is 24.9 Å². The minimum atomic E-state index is -1.18. The largest absolute Gasteiger partial charge is 0.493 e. The highest BCUT2D eigenvalue weighted by atomic mass is 16.6. The Bertz CT molecular complexity index is 1700. The molecular formula is C41H62N4O8. The number of nitrogens with zero attached hydrogens (tertiary/aromatic N) is 3. The van der Waals surface area contributed by atoms with Crippen molar-refractivity contribution >= 4 is 11.9 Å². The van der Waals surface area contributed by atoms with Gasteiger partial charge in [0.1, 0.15) is 11.8 Å². The van der Waals surface area contributed by atoms with E-state index in [0.717, 1.165) is 44.9 Å². The fourth-order valence-electron chi connectivity index (χ4n) is 13.0. The third-order valence-electron chi connectivity index (χ3n) is 16.2. The van der Waals surface area contributed by atoms with Crippen LogP contribution in [-0.4, -0.2) is 80.8 Å². The Morgan fingerprint density at radius 3 is 2.43 bits per heavy atom. The SMILES string of the molecule is COC1=C(OC)[C@@H]([C@@H](O)Cn2cc(CNC(=O)[C@]34CCC(C)(C)C[C@H]3C3=CC[C@@H]5[C@@]6(C)CC[C@H](O)C(C)(C)[C@@H]6CC[C@@]5(C)[C@]3(C)C[C@H]4O)nn2)OC1=O. The summed E-state index contributed by atoms with van der Waals surface area (Å²) >= 11 is 0. The molecule has 0 saturated heterocycles. The average Bonchev–Trinajstić information content (AvgIpc) is 3.68. The summed E-state index contributed by atoms with van der Waals surface area (Å²) in [6, 6.07) is 0. The normalized spacial score (nSPS) is 41.9. The number of ether oxygens (including phenoxy) is 3. The van der Waals surface area contributed by atoms with Crippen molar-refractivity contribution in [1.29, 1.82) is 0 Å². The van der Waals surface area contributed by atoms with Crippen molar-refractivity contribution in [1.82, 2.24) is 20.3 Å². The van der Waals surface area contributed by atoms with Gasteiger partial charge in [0.15, 0.2) is 11.9 Å². The van der Waals surface area contributed by atoms with Gasteiger partial charge in [0, 0.05) is 0 Å². The molecule has 1 aliphatic heterocycles. The lowest BCUT2D eigenvalue weighted by molar-refractivity contribution is -0.215. The van der Waals surface area contributed by atoms with Crippen LogP contribution in [0.5, 0.6) is 0 Å². The maximum atomic E-state index is 14.7. The van der Waals surface area contributed by atoms with E-state index < -0.39 is 29.7 Å². The first-order valence-electron chi connectivity index (χ1n) is 19.7. The zero-order valence-corrected chi connectivity index (χ0v) is 33.2. The first-order chi connectivity index (χ1) is 24.8. The van der Waals surface area contributed by atoms with E-state index >= 15 is 0 Å². The zero-order valence-electron chi connectivity index (χ0n) is 33.2. The van der Waals surface area contributed by atoms with Crippen LogP contribution >= 0.6 is 0 Å². The maximum absolute atomic E-state index is 14.7. The van der Waals surface area contributed by atoms with E-state index in [0.29, 0.717) is 30.4 Å². The number of nitrogens with one attached hydrogen (secondary N) is 1. The van der Waals surface area contributed by atoms with E-state index in [4.69, 9.17) is 14.2 Å². The van der Waals surface area contributed by atoms with Crippen molar-refractivity contribution in [3.63, 3.8) is 0 Å². The second-order valence-corrected chi connectivity index (χ2v) is 19.5. The topological polar surface area (TPSA) is 165 Å². The van der Waals surface area contributed by atoms with Gasteiger partial charge in [0.25, 0.3) is 0 Å². The smallest absolute Gasteiger partial charge is 0.378 e. The van der Waals surface area contributed by atoms with Gasteiger partial charge in [0.2, 0.25) is 11.7 Å². The predicted octanol–water partition coefficient (Wildman–Crippen LogP) is 4.82. The summed E-state index contributed by atoms with van der Waals surface area (Å²) in [5.41, 5.74) is 0.595. The highest BCUT2D eigenvalue weighted by Gasteiger charge is 2.71. The maximum Gasteiger partial charge on any atom is 0.378 e. The number of hydrogen-bond donors (Lipinski definition) is 4. The Hall–Kier alpha value is -2.96. The fraction of sp³-hybridized carbons (Fsp3) is 0.805. The standard InChI is InChI=1S/C41H62N4O8/c1-36(2)16-17-41(35(50)42-20-23-21-45(44-43-23)22-26(46)31-32(51-8)33(52-9)34(49)53-31)25(18-36)24-10-11-28-38(5)14-13-29(47)37(3,4)27(38)12-15-39(28,6)40(24,7)19-30(41)48/h10,21,25-31,46-48H,11-20,22H2,1-9H3,(H,42,50)/t25-,26-,27-,28+,29-,30+,31+,38-,39+,40+,41+/m0/s1. The van der Waals surface area contributed by atoms with Crippen molar-refractivity contribution in [2.75, 3.05) is 14.2 Å². The van der Waals surface area contributed by atoms with Crippen LogP contribution < -0.4 is 5.32 Å². The van der Waals surface area contributed by atoms with E-state index in [1.54, 1.807) is 6.20 Å². The fourth-order valence-corrected chi connectivity index (χ4v) is 13.0. The molecule has 1 aromatic heterocycles. The third kappa shape index (κ3) is 5.53. The van der Waals surface area contributed by atoms with Crippen molar-refractivity contribution in [3.05, 3.63) is 35.1 Å². The van der Waals surface area contributed by atoms with Gasteiger partial charge in [-0.25, -0.2) is 9.48 Å². The number of carbonyl (C=O) groups excluding carboxylic acids is 2. The van der Waals surface area contributed by atoms with E-state index in [-0.39, 0.29) is 69.6 Å². The minimum absolute atomic E-state index is 0.0250. The number of fused-ring (bicyclic) bond motifs is 7. The van der Waals surface area contributed by atoms with E-state index in [1.807, 2.05) is 0 Å². The summed E-state index contributed by atoms with van der Waals surface area (Å²) in [4.78, 5) is 26.8. The van der Waals surface area contributed by atoms with Crippen molar-refractivity contribution in [2.24, 2.45) is 50.2 Å². The Labute approximate surface area is 314 Å². The number of amides is 1. The van der Waals surface area contributed by atoms with E-state index in [2.05, 4.69) is 70.2 Å². The van der Waals surface area contributed by atoms with Crippen LogP contribution in [0, 0.1) is 50.2 Å². The molecule has 7 rings (SSSR count). The lowest BCUT2D eigenvalue weighted by atomic mass is 9.33. The van der Waals surface area contributed by atoms with Crippen LogP contribution in [0.2, 0.25) is 0 Å². The van der Waals surface area contributed by atoms with Gasteiger partial charge in [-0.2, -0.15) is 0 Å². The average molecular weight is 739 g/mol. The second-order valence-electron chi connectivity index (χ2n) is 19.5. The highest BCUT2D eigenvalue weighted by Crippen LogP contribution is 2.75. The molecule has 6 aliphatic rings. The summed E-state index contributed by atoms with van der Waals surface area (Å²) in [6.07, 6.45) is 8.59. The van der Waals surface area contributed by atoms with Crippen molar-refractivity contribution < 1.29 is 39.1 Å². The minimum Gasteiger partial charge on any atom is -0.493 e. The molecule has 5 aliphatic carbocycles. The molecule has 4 saturated carbocycles. The van der Waals surface area contributed by atoms with Crippen LogP contribution in [0.1, 0.15) is 112 Å². The molecule has 11 atom stereocenters. The number of aliphatic hydroxyl groups excluding tert-OH is 3. The van der Waals surface area contributed by atoms with Gasteiger partial charge in [-0.15, -0.1) is 5.10 Å².